The Morgan fingerprint density at radius 2 is 1.85 bits per heavy atom. The number of methoxy groups -OCH3 is 2. The summed E-state index contributed by atoms with van der Waals surface area (Å²) in [6.07, 6.45) is 4.54. The maximum absolute atomic E-state index is 12.3. The van der Waals surface area contributed by atoms with E-state index in [4.69, 9.17) is 14.5 Å². The lowest BCUT2D eigenvalue weighted by Gasteiger charge is -2.15. The fourth-order valence-electron chi connectivity index (χ4n) is 3.63. The van der Waals surface area contributed by atoms with E-state index in [9.17, 15) is 4.21 Å². The van der Waals surface area contributed by atoms with Gasteiger partial charge in [0.15, 0.2) is 11.5 Å². The van der Waals surface area contributed by atoms with Crippen molar-refractivity contribution in [3.63, 3.8) is 0 Å². The van der Waals surface area contributed by atoms with Crippen molar-refractivity contribution < 1.29 is 13.7 Å². The lowest BCUT2D eigenvalue weighted by molar-refractivity contribution is 0.352. The van der Waals surface area contributed by atoms with Crippen LogP contribution >= 0.6 is 0 Å². The van der Waals surface area contributed by atoms with Crippen LogP contribution in [0.4, 0.5) is 11.6 Å². The van der Waals surface area contributed by atoms with Crippen LogP contribution in [0.2, 0.25) is 0 Å². The molecule has 0 saturated heterocycles. The molecule has 0 spiro atoms. The highest BCUT2D eigenvalue weighted by Crippen LogP contribution is 2.35. The molecule has 0 radical (unpaired) electrons. The average molecular weight is 466 g/mol. The number of nitrogens with one attached hydrogen (secondary N) is 1. The lowest BCUT2D eigenvalue weighted by atomic mass is 10.1. The molecule has 4 rings (SSSR count). The van der Waals surface area contributed by atoms with Gasteiger partial charge in [0.05, 0.1) is 19.1 Å². The first-order chi connectivity index (χ1) is 15.9. The maximum atomic E-state index is 12.3. The van der Waals surface area contributed by atoms with Gasteiger partial charge in [-0.3, -0.25) is 0 Å². The molecule has 1 unspecified atom stereocenters. The number of hydrogen-bond donors (Lipinski definition) is 1. The Morgan fingerprint density at radius 3 is 2.48 bits per heavy atom. The van der Waals surface area contributed by atoms with Crippen LogP contribution in [0, 0.1) is 0 Å². The summed E-state index contributed by atoms with van der Waals surface area (Å²) in [6.45, 7) is 2.07. The second kappa shape index (κ2) is 9.60. The Morgan fingerprint density at radius 1 is 1.09 bits per heavy atom. The number of ether oxygens (including phenoxy) is 2. The Bertz CT molecular complexity index is 1280. The van der Waals surface area contributed by atoms with Crippen molar-refractivity contribution in [2.24, 2.45) is 0 Å². The van der Waals surface area contributed by atoms with Crippen molar-refractivity contribution in [3.8, 4) is 17.2 Å². The third-order valence-corrected chi connectivity index (χ3v) is 6.61. The summed E-state index contributed by atoms with van der Waals surface area (Å²) in [5.74, 6) is 1.86. The molecule has 0 saturated carbocycles. The van der Waals surface area contributed by atoms with Gasteiger partial charge in [0.1, 0.15) is 16.6 Å². The van der Waals surface area contributed by atoms with Crippen LogP contribution in [0.15, 0.2) is 59.8 Å². The molecule has 8 nitrogen and oxygen atoms in total. The molecule has 0 fully saturated rings. The standard InChI is InChI=1S/C24H27N5O3S/c1-6-16-13-18(14-21(31-4)22(16)32-5)26-24-25-15-17-11-12-29(23(17)27-24)19-7-9-20(10-8-19)33(30)28(2)3/h7-15H,6H2,1-5H3,(H,25,26,27). The largest absolute Gasteiger partial charge is 0.493 e. The van der Waals surface area contributed by atoms with Crippen molar-refractivity contribution in [1.82, 2.24) is 18.8 Å². The molecule has 0 aliphatic heterocycles. The van der Waals surface area contributed by atoms with E-state index < -0.39 is 11.0 Å². The van der Waals surface area contributed by atoms with Gasteiger partial charge in [-0.15, -0.1) is 0 Å². The van der Waals surface area contributed by atoms with E-state index in [1.54, 1.807) is 38.8 Å². The summed E-state index contributed by atoms with van der Waals surface area (Å²) in [4.78, 5) is 9.96. The number of benzene rings is 2. The number of anilines is 2. The Kier molecular flexibility index (Phi) is 6.62. The molecule has 4 aromatic rings. The minimum atomic E-state index is -1.18. The van der Waals surface area contributed by atoms with Crippen LogP contribution in [0.1, 0.15) is 12.5 Å². The maximum Gasteiger partial charge on any atom is 0.229 e. The van der Waals surface area contributed by atoms with Crippen LogP contribution in [-0.2, 0) is 17.4 Å². The predicted octanol–water partition coefficient (Wildman–Crippen LogP) is 4.33. The quantitative estimate of drug-likeness (QED) is 0.417. The molecule has 0 aliphatic rings. The Hall–Kier alpha value is -3.43. The molecule has 2 heterocycles. The van der Waals surface area contributed by atoms with Gasteiger partial charge < -0.3 is 19.4 Å². The Balaban J connectivity index is 1.67. The summed E-state index contributed by atoms with van der Waals surface area (Å²) in [5, 5.41) is 4.20. The zero-order valence-corrected chi connectivity index (χ0v) is 20.1. The first-order valence-corrected chi connectivity index (χ1v) is 11.6. The van der Waals surface area contributed by atoms with Gasteiger partial charge in [0, 0.05) is 35.2 Å². The number of rotatable bonds is 8. The van der Waals surface area contributed by atoms with Crippen molar-refractivity contribution in [2.75, 3.05) is 33.6 Å². The topological polar surface area (TPSA) is 81.5 Å². The van der Waals surface area contributed by atoms with Crippen LogP contribution in [0.5, 0.6) is 11.5 Å². The molecule has 1 atom stereocenters. The highest BCUT2D eigenvalue weighted by Gasteiger charge is 2.13. The Labute approximate surface area is 195 Å². The number of aromatic nitrogens is 3. The molecule has 2 aromatic carbocycles. The van der Waals surface area contributed by atoms with Crippen molar-refractivity contribution >= 4 is 33.7 Å². The van der Waals surface area contributed by atoms with Crippen LogP contribution in [-0.4, -0.2) is 51.4 Å². The predicted molar refractivity (Wildman–Crippen MR) is 131 cm³/mol. The number of nitrogens with zero attached hydrogens (tertiary/aromatic N) is 4. The number of fused-ring (bicyclic) bond motifs is 1. The van der Waals surface area contributed by atoms with Gasteiger partial charge in [0.2, 0.25) is 5.95 Å². The van der Waals surface area contributed by atoms with Gasteiger partial charge >= 0.3 is 0 Å². The van der Waals surface area contributed by atoms with Crippen molar-refractivity contribution in [3.05, 3.63) is 60.4 Å². The fraction of sp³-hybridized carbons (Fsp3) is 0.250. The van der Waals surface area contributed by atoms with E-state index in [1.165, 1.54) is 0 Å². The van der Waals surface area contributed by atoms with E-state index in [-0.39, 0.29) is 0 Å². The minimum absolute atomic E-state index is 0.474. The van der Waals surface area contributed by atoms with Crippen molar-refractivity contribution in [2.45, 2.75) is 18.2 Å². The summed E-state index contributed by atoms with van der Waals surface area (Å²) < 4.78 is 26.9. The molecule has 1 N–H and O–H groups in total. The van der Waals surface area contributed by atoms with E-state index in [0.717, 1.165) is 45.0 Å². The van der Waals surface area contributed by atoms with Crippen LogP contribution < -0.4 is 14.8 Å². The second-order valence-electron chi connectivity index (χ2n) is 7.56. The van der Waals surface area contributed by atoms with Gasteiger partial charge in [-0.25, -0.2) is 13.5 Å². The van der Waals surface area contributed by atoms with Gasteiger partial charge in [0.25, 0.3) is 0 Å². The monoisotopic (exact) mass is 465 g/mol. The van der Waals surface area contributed by atoms with E-state index in [1.807, 2.05) is 53.2 Å². The summed E-state index contributed by atoms with van der Waals surface area (Å²) in [7, 11) is 5.65. The third kappa shape index (κ3) is 4.55. The average Bonchev–Trinajstić information content (AvgIpc) is 3.26. The number of aryl methyl sites for hydroxylation is 1. The zero-order valence-electron chi connectivity index (χ0n) is 19.3. The fourth-order valence-corrected chi connectivity index (χ4v) is 4.42. The van der Waals surface area contributed by atoms with E-state index in [0.29, 0.717) is 11.7 Å². The minimum Gasteiger partial charge on any atom is -0.493 e. The van der Waals surface area contributed by atoms with Crippen LogP contribution in [0.25, 0.3) is 16.7 Å². The molecule has 0 aliphatic carbocycles. The normalized spacial score (nSPS) is 12.2. The molecule has 0 amide bonds. The third-order valence-electron chi connectivity index (χ3n) is 5.27. The first-order valence-electron chi connectivity index (χ1n) is 10.5. The molecule has 9 heteroatoms. The van der Waals surface area contributed by atoms with Gasteiger partial charge in [-0.2, -0.15) is 4.98 Å². The molecule has 2 aromatic heterocycles. The van der Waals surface area contributed by atoms with Crippen molar-refractivity contribution in [1.29, 1.82) is 0 Å². The highest BCUT2D eigenvalue weighted by molar-refractivity contribution is 7.82. The molecule has 172 valence electrons. The smallest absolute Gasteiger partial charge is 0.229 e. The SMILES string of the molecule is CCc1cc(Nc2ncc3ccn(-c4ccc(S(=O)N(C)C)cc4)c3n2)cc(OC)c1OC. The van der Waals surface area contributed by atoms with Gasteiger partial charge in [-0.1, -0.05) is 6.92 Å². The molecule has 0 bridgehead atoms. The summed E-state index contributed by atoms with van der Waals surface area (Å²) in [5.41, 5.74) is 3.54. The molecule has 33 heavy (non-hydrogen) atoms. The number of hydrogen-bond acceptors (Lipinski definition) is 6. The zero-order chi connectivity index (χ0) is 23.5. The van der Waals surface area contributed by atoms with E-state index >= 15 is 0 Å². The van der Waals surface area contributed by atoms with Gasteiger partial charge in [-0.05, 0) is 62.5 Å². The summed E-state index contributed by atoms with van der Waals surface area (Å²) >= 11 is 0. The molecular weight excluding hydrogens is 438 g/mol. The second-order valence-corrected chi connectivity index (χ2v) is 9.26. The van der Waals surface area contributed by atoms with Crippen LogP contribution in [0.3, 0.4) is 0 Å². The summed E-state index contributed by atoms with van der Waals surface area (Å²) in [6, 6.07) is 13.5. The first kappa shape index (κ1) is 22.8. The highest BCUT2D eigenvalue weighted by atomic mass is 32.2. The molecular formula is C24H27N5O3S. The lowest BCUT2D eigenvalue weighted by Crippen LogP contribution is -2.15. The van der Waals surface area contributed by atoms with E-state index in [2.05, 4.69) is 17.2 Å².